The Balaban J connectivity index is 3.65. The molecule has 2 N–H and O–H groups in total. The topological polar surface area (TPSA) is 57.5 Å². The van der Waals surface area contributed by atoms with Crippen LogP contribution >= 0.6 is 0 Å². The fourth-order valence-electron chi connectivity index (χ4n) is 1.04. The number of allylic oxidation sites excluding steroid dienone is 1. The van der Waals surface area contributed by atoms with Crippen LogP contribution in [0.15, 0.2) is 11.6 Å². The molecule has 0 aromatic carbocycles. The number of aliphatic hydroxyl groups is 1. The van der Waals surface area contributed by atoms with Crippen LogP contribution in [0.4, 0.5) is 0 Å². The Morgan fingerprint density at radius 2 is 2.08 bits per heavy atom. The van der Waals surface area contributed by atoms with Gasteiger partial charge in [0, 0.05) is 12.2 Å². The number of carboxylic acid groups (broad SMARTS) is 1. The molecule has 0 aliphatic rings. The summed E-state index contributed by atoms with van der Waals surface area (Å²) in [6.07, 6.45) is 4.24. The Kier molecular flexibility index (Phi) is 6.24. The summed E-state index contributed by atoms with van der Waals surface area (Å²) in [6.45, 7) is 3.86. The van der Waals surface area contributed by atoms with Crippen molar-refractivity contribution < 1.29 is 15.0 Å². The molecule has 3 nitrogen and oxygen atoms in total. The van der Waals surface area contributed by atoms with Gasteiger partial charge in [0.1, 0.15) is 0 Å². The third kappa shape index (κ3) is 6.34. The molecular weight excluding hydrogens is 168 g/mol. The van der Waals surface area contributed by atoms with Gasteiger partial charge in [-0.15, -0.1) is 0 Å². The van der Waals surface area contributed by atoms with Gasteiger partial charge in [0.2, 0.25) is 0 Å². The van der Waals surface area contributed by atoms with Gasteiger partial charge in [0.15, 0.2) is 0 Å². The predicted molar refractivity (Wildman–Crippen MR) is 51.5 cm³/mol. The fourth-order valence-corrected chi connectivity index (χ4v) is 1.04. The number of hydrogen-bond acceptors (Lipinski definition) is 2. The van der Waals surface area contributed by atoms with Crippen LogP contribution in [0.3, 0.4) is 0 Å². The second-order valence-electron chi connectivity index (χ2n) is 3.39. The molecule has 0 spiro atoms. The molecule has 76 valence electrons. The first-order valence-corrected chi connectivity index (χ1v) is 4.58. The molecule has 0 radical (unpaired) electrons. The summed E-state index contributed by atoms with van der Waals surface area (Å²) in [4.78, 5) is 10.4. The number of hydrogen-bond donors (Lipinski definition) is 2. The molecule has 0 aliphatic carbocycles. The molecule has 0 aliphatic heterocycles. The lowest BCUT2D eigenvalue weighted by atomic mass is 10.0. The van der Waals surface area contributed by atoms with Gasteiger partial charge in [-0.1, -0.05) is 13.0 Å². The van der Waals surface area contributed by atoms with Gasteiger partial charge in [-0.05, 0) is 32.1 Å². The fraction of sp³-hybridized carbons (Fsp3) is 0.700. The predicted octanol–water partition coefficient (Wildman–Crippen LogP) is 1.82. The first-order valence-electron chi connectivity index (χ1n) is 4.58. The van der Waals surface area contributed by atoms with Gasteiger partial charge in [-0.2, -0.15) is 0 Å². The summed E-state index contributed by atoms with van der Waals surface area (Å²) in [5.41, 5.74) is 0.399. The number of aliphatic hydroxyl groups excluding tert-OH is 1. The number of rotatable bonds is 6. The quantitative estimate of drug-likeness (QED) is 0.622. The summed E-state index contributed by atoms with van der Waals surface area (Å²) >= 11 is 0. The normalized spacial score (nSPS) is 14.2. The van der Waals surface area contributed by atoms with Crippen LogP contribution < -0.4 is 0 Å². The van der Waals surface area contributed by atoms with Crippen molar-refractivity contribution in [3.8, 4) is 0 Å². The average molecular weight is 186 g/mol. The highest BCUT2D eigenvalue weighted by atomic mass is 16.4. The minimum Gasteiger partial charge on any atom is -0.478 e. The van der Waals surface area contributed by atoms with E-state index in [1.807, 2.05) is 0 Å². The lowest BCUT2D eigenvalue weighted by Crippen LogP contribution is -1.99. The maximum atomic E-state index is 10.4. The van der Waals surface area contributed by atoms with Gasteiger partial charge in [-0.25, -0.2) is 4.79 Å². The Morgan fingerprint density at radius 1 is 1.46 bits per heavy atom. The maximum Gasteiger partial charge on any atom is 0.330 e. The Labute approximate surface area is 79.1 Å². The highest BCUT2D eigenvalue weighted by Crippen LogP contribution is 2.10. The average Bonchev–Trinajstić information content (AvgIpc) is 2.04. The van der Waals surface area contributed by atoms with E-state index in [2.05, 4.69) is 6.92 Å². The van der Waals surface area contributed by atoms with Crippen molar-refractivity contribution in [2.45, 2.75) is 33.1 Å². The van der Waals surface area contributed by atoms with Crippen molar-refractivity contribution in [2.75, 3.05) is 6.61 Å². The molecule has 3 heteroatoms. The van der Waals surface area contributed by atoms with Crippen LogP contribution in [0.2, 0.25) is 0 Å². The third-order valence-corrected chi connectivity index (χ3v) is 2.07. The summed E-state index contributed by atoms with van der Waals surface area (Å²) in [5.74, 6) is -0.391. The molecule has 0 unspecified atom stereocenters. The van der Waals surface area contributed by atoms with Crippen LogP contribution in [-0.4, -0.2) is 22.8 Å². The van der Waals surface area contributed by atoms with E-state index in [-0.39, 0.29) is 6.61 Å². The molecule has 0 fully saturated rings. The molecule has 0 bridgehead atoms. The van der Waals surface area contributed by atoms with Gasteiger partial charge in [0.25, 0.3) is 0 Å². The molecule has 0 amide bonds. The highest BCUT2D eigenvalue weighted by molar-refractivity contribution is 5.85. The summed E-state index contributed by atoms with van der Waals surface area (Å²) in [5, 5.41) is 17.2. The first-order chi connectivity index (χ1) is 6.07. The number of aliphatic carboxylic acids is 1. The highest BCUT2D eigenvalue weighted by Gasteiger charge is 2.01. The lowest BCUT2D eigenvalue weighted by Gasteiger charge is -2.06. The second-order valence-corrected chi connectivity index (χ2v) is 3.39. The lowest BCUT2D eigenvalue weighted by molar-refractivity contribution is -0.132. The Bertz CT molecular complexity index is 185. The van der Waals surface area contributed by atoms with Gasteiger partial charge in [0.05, 0.1) is 0 Å². The van der Waals surface area contributed by atoms with E-state index in [1.54, 1.807) is 13.0 Å². The van der Waals surface area contributed by atoms with Crippen LogP contribution in [0.5, 0.6) is 0 Å². The standard InChI is InChI=1S/C10H18O3/c1-8(6-7-11)4-3-5-9(2)10(12)13/h5,8,11H,3-4,6-7H2,1-2H3,(H,12,13)/t8-/m0/s1. The van der Waals surface area contributed by atoms with Gasteiger partial charge in [-0.3, -0.25) is 0 Å². The molecule has 1 atom stereocenters. The first kappa shape index (κ1) is 12.2. The zero-order valence-electron chi connectivity index (χ0n) is 8.29. The SMILES string of the molecule is CC(=CCC[C@H](C)CCO)C(=O)O. The number of carbonyl (C=O) groups is 1. The summed E-state index contributed by atoms with van der Waals surface area (Å²) in [6, 6.07) is 0. The second kappa shape index (κ2) is 6.66. The molecule has 0 aromatic rings. The molecule has 0 saturated carbocycles. The molecule has 0 heterocycles. The summed E-state index contributed by atoms with van der Waals surface area (Å²) in [7, 11) is 0. The van der Waals surface area contributed by atoms with Gasteiger partial charge < -0.3 is 10.2 Å². The van der Waals surface area contributed by atoms with Crippen LogP contribution in [0, 0.1) is 5.92 Å². The maximum absolute atomic E-state index is 10.4. The molecule has 0 rings (SSSR count). The Morgan fingerprint density at radius 3 is 2.54 bits per heavy atom. The van der Waals surface area contributed by atoms with Crippen molar-refractivity contribution in [3.63, 3.8) is 0 Å². The molecule has 0 aromatic heterocycles. The van der Waals surface area contributed by atoms with E-state index in [9.17, 15) is 4.79 Å². The zero-order chi connectivity index (χ0) is 10.3. The smallest absolute Gasteiger partial charge is 0.330 e. The monoisotopic (exact) mass is 186 g/mol. The van der Waals surface area contributed by atoms with Crippen molar-refractivity contribution >= 4 is 5.97 Å². The minimum absolute atomic E-state index is 0.211. The van der Waals surface area contributed by atoms with E-state index in [4.69, 9.17) is 10.2 Å². The van der Waals surface area contributed by atoms with Crippen LogP contribution in [0.25, 0.3) is 0 Å². The van der Waals surface area contributed by atoms with Crippen molar-refractivity contribution in [1.82, 2.24) is 0 Å². The number of carboxylic acids is 1. The van der Waals surface area contributed by atoms with E-state index in [0.717, 1.165) is 19.3 Å². The van der Waals surface area contributed by atoms with E-state index < -0.39 is 5.97 Å². The van der Waals surface area contributed by atoms with Crippen molar-refractivity contribution in [3.05, 3.63) is 11.6 Å². The minimum atomic E-state index is -0.852. The van der Waals surface area contributed by atoms with Crippen molar-refractivity contribution in [1.29, 1.82) is 0 Å². The van der Waals surface area contributed by atoms with Crippen LogP contribution in [0.1, 0.15) is 33.1 Å². The summed E-state index contributed by atoms with van der Waals surface area (Å²) < 4.78 is 0. The Hall–Kier alpha value is -0.830. The van der Waals surface area contributed by atoms with E-state index in [1.165, 1.54) is 0 Å². The van der Waals surface area contributed by atoms with E-state index >= 15 is 0 Å². The van der Waals surface area contributed by atoms with E-state index in [0.29, 0.717) is 11.5 Å². The van der Waals surface area contributed by atoms with Crippen molar-refractivity contribution in [2.24, 2.45) is 5.92 Å². The molecular formula is C10H18O3. The zero-order valence-corrected chi connectivity index (χ0v) is 8.29. The van der Waals surface area contributed by atoms with Crippen LogP contribution in [-0.2, 0) is 4.79 Å². The van der Waals surface area contributed by atoms with Gasteiger partial charge >= 0.3 is 5.97 Å². The third-order valence-electron chi connectivity index (χ3n) is 2.07. The molecule has 0 saturated heterocycles. The largest absolute Gasteiger partial charge is 0.478 e. The molecule has 13 heavy (non-hydrogen) atoms.